The summed E-state index contributed by atoms with van der Waals surface area (Å²) in [5, 5.41) is 2.65. The third-order valence-corrected chi connectivity index (χ3v) is 9.90. The average Bonchev–Trinajstić information content (AvgIpc) is 3.29. The van der Waals surface area contributed by atoms with Crippen molar-refractivity contribution in [3.05, 3.63) is 23.8 Å². The molecule has 3 aliphatic rings. The Morgan fingerprint density at radius 1 is 1.24 bits per heavy atom. The second kappa shape index (κ2) is 9.27. The molecule has 11 heteroatoms. The van der Waals surface area contributed by atoms with Crippen molar-refractivity contribution in [2.24, 2.45) is 0 Å². The summed E-state index contributed by atoms with van der Waals surface area (Å²) in [6, 6.07) is 3.94. The molecule has 1 aromatic rings. The second-order valence-corrected chi connectivity index (χ2v) is 12.3. The van der Waals surface area contributed by atoms with Gasteiger partial charge in [0.25, 0.3) is 5.91 Å². The van der Waals surface area contributed by atoms with Gasteiger partial charge in [-0.1, -0.05) is 12.5 Å². The van der Waals surface area contributed by atoms with Crippen LogP contribution >= 0.6 is 11.8 Å². The Hall–Kier alpha value is -2.11. The fraction of sp³-hybridized carbons (Fsp3) is 0.591. The zero-order valence-corrected chi connectivity index (χ0v) is 20.5. The van der Waals surface area contributed by atoms with Crippen LogP contribution in [0.4, 0.5) is 5.69 Å². The van der Waals surface area contributed by atoms with E-state index in [9.17, 15) is 22.8 Å². The molecule has 3 heterocycles. The number of hydrogen-bond donors (Lipinski definition) is 1. The monoisotopic (exact) mass is 495 g/mol. The minimum Gasteiger partial charge on any atom is -0.454 e. The molecule has 3 fully saturated rings. The first-order valence-corrected chi connectivity index (χ1v) is 13.6. The predicted molar refractivity (Wildman–Crippen MR) is 124 cm³/mol. The van der Waals surface area contributed by atoms with Gasteiger partial charge in [-0.3, -0.25) is 9.59 Å². The number of piperidine rings is 1. The van der Waals surface area contributed by atoms with Gasteiger partial charge in [0, 0.05) is 31.0 Å². The number of sulfonamides is 1. The zero-order valence-electron chi connectivity index (χ0n) is 18.8. The van der Waals surface area contributed by atoms with Crippen molar-refractivity contribution in [3.63, 3.8) is 0 Å². The van der Waals surface area contributed by atoms with Gasteiger partial charge in [-0.25, -0.2) is 13.2 Å². The summed E-state index contributed by atoms with van der Waals surface area (Å²) >= 11 is 1.55. The number of nitrogens with one attached hydrogen (secondary N) is 1. The molecule has 0 aliphatic carbocycles. The summed E-state index contributed by atoms with van der Waals surface area (Å²) in [5.41, 5.74) is 1.05. The van der Waals surface area contributed by atoms with Gasteiger partial charge in [0.05, 0.1) is 9.77 Å². The molecule has 9 nitrogen and oxygen atoms in total. The summed E-state index contributed by atoms with van der Waals surface area (Å²) in [5.74, 6) is -0.802. The molecule has 0 spiro atoms. The van der Waals surface area contributed by atoms with Crippen LogP contribution in [0.5, 0.6) is 0 Å². The largest absolute Gasteiger partial charge is 0.454 e. The first-order chi connectivity index (χ1) is 15.6. The van der Waals surface area contributed by atoms with Crippen molar-refractivity contribution in [1.82, 2.24) is 9.21 Å². The number of amides is 2. The van der Waals surface area contributed by atoms with Crippen molar-refractivity contribution in [2.75, 3.05) is 30.8 Å². The lowest BCUT2D eigenvalue weighted by molar-refractivity contribution is -0.155. The Morgan fingerprint density at radius 3 is 2.70 bits per heavy atom. The van der Waals surface area contributed by atoms with E-state index >= 15 is 0 Å². The highest BCUT2D eigenvalue weighted by Gasteiger charge is 2.53. The molecule has 0 aromatic heterocycles. The van der Waals surface area contributed by atoms with Crippen molar-refractivity contribution < 1.29 is 27.5 Å². The van der Waals surface area contributed by atoms with Gasteiger partial charge in [-0.2, -0.15) is 4.31 Å². The second-order valence-electron chi connectivity index (χ2n) is 8.86. The van der Waals surface area contributed by atoms with Crippen LogP contribution < -0.4 is 5.32 Å². The molecule has 0 radical (unpaired) electrons. The van der Waals surface area contributed by atoms with Crippen LogP contribution in [0.2, 0.25) is 0 Å². The van der Waals surface area contributed by atoms with E-state index in [4.69, 9.17) is 4.74 Å². The summed E-state index contributed by atoms with van der Waals surface area (Å²) in [4.78, 5) is 38.5. The van der Waals surface area contributed by atoms with E-state index in [1.807, 2.05) is 6.92 Å². The van der Waals surface area contributed by atoms with Gasteiger partial charge in [0.2, 0.25) is 15.9 Å². The summed E-state index contributed by atoms with van der Waals surface area (Å²) < 4.78 is 32.6. The molecule has 33 heavy (non-hydrogen) atoms. The predicted octanol–water partition coefficient (Wildman–Crippen LogP) is 2.11. The highest BCUT2D eigenvalue weighted by atomic mass is 32.2. The molecule has 3 aliphatic heterocycles. The standard InChI is InChI=1S/C22H29N3O6S2/c1-15-6-7-16(33(29,30)24-10-4-3-5-11-24)12-17(15)23-19(26)13-31-21(28)18-14-32-22(2)9-8-20(27)25(18)22/h6-7,12,18H,3-5,8-11,13-14H2,1-2H3,(H,23,26)/t18-,22-/m1/s1. The average molecular weight is 496 g/mol. The van der Waals surface area contributed by atoms with Gasteiger partial charge >= 0.3 is 5.97 Å². The number of aryl methyl sites for hydroxylation is 1. The molecule has 0 bridgehead atoms. The van der Waals surface area contributed by atoms with E-state index in [0.717, 1.165) is 19.3 Å². The number of fused-ring (bicyclic) bond motifs is 1. The van der Waals surface area contributed by atoms with Gasteiger partial charge in [-0.15, -0.1) is 11.8 Å². The van der Waals surface area contributed by atoms with E-state index < -0.39 is 34.5 Å². The van der Waals surface area contributed by atoms with Gasteiger partial charge in [-0.05, 0) is 50.8 Å². The van der Waals surface area contributed by atoms with Gasteiger partial charge in [0.1, 0.15) is 6.04 Å². The number of anilines is 1. The minimum atomic E-state index is -3.64. The number of ether oxygens (including phenoxy) is 1. The Balaban J connectivity index is 1.38. The fourth-order valence-electron chi connectivity index (χ4n) is 4.56. The number of rotatable bonds is 6. The number of esters is 1. The lowest BCUT2D eigenvalue weighted by Gasteiger charge is -2.29. The Morgan fingerprint density at radius 2 is 1.97 bits per heavy atom. The summed E-state index contributed by atoms with van der Waals surface area (Å²) in [6.45, 7) is 4.17. The van der Waals surface area contributed by atoms with E-state index in [1.165, 1.54) is 16.4 Å². The smallest absolute Gasteiger partial charge is 0.330 e. The quantitative estimate of drug-likeness (QED) is 0.602. The van der Waals surface area contributed by atoms with E-state index in [2.05, 4.69) is 5.32 Å². The van der Waals surface area contributed by atoms with Crippen LogP contribution in [0.25, 0.3) is 0 Å². The Labute approximate surface area is 198 Å². The molecule has 1 N–H and O–H groups in total. The van der Waals surface area contributed by atoms with Gasteiger partial charge in [0.15, 0.2) is 6.61 Å². The molecule has 0 saturated carbocycles. The lowest BCUT2D eigenvalue weighted by Crippen LogP contribution is -2.47. The molecular weight excluding hydrogens is 466 g/mol. The zero-order chi connectivity index (χ0) is 23.8. The van der Waals surface area contributed by atoms with Crippen molar-refractivity contribution in [1.29, 1.82) is 0 Å². The summed E-state index contributed by atoms with van der Waals surface area (Å²) in [7, 11) is -3.64. The number of carbonyl (C=O) groups is 3. The van der Waals surface area contributed by atoms with Crippen LogP contribution in [0, 0.1) is 6.92 Å². The Kier molecular flexibility index (Phi) is 6.75. The number of benzene rings is 1. The third-order valence-electron chi connectivity index (χ3n) is 6.50. The number of thioether (sulfide) groups is 1. The first kappa shape index (κ1) is 24.0. The number of hydrogen-bond acceptors (Lipinski definition) is 7. The first-order valence-electron chi connectivity index (χ1n) is 11.2. The maximum atomic E-state index is 13.0. The topological polar surface area (TPSA) is 113 Å². The maximum Gasteiger partial charge on any atom is 0.330 e. The minimum absolute atomic E-state index is 0.0729. The molecule has 3 saturated heterocycles. The molecule has 1 aromatic carbocycles. The third kappa shape index (κ3) is 4.76. The van der Waals surface area contributed by atoms with Crippen LogP contribution in [0.15, 0.2) is 23.1 Å². The van der Waals surface area contributed by atoms with Crippen molar-refractivity contribution in [3.8, 4) is 0 Å². The van der Waals surface area contributed by atoms with Crippen LogP contribution in [0.3, 0.4) is 0 Å². The number of nitrogens with zero attached hydrogens (tertiary/aromatic N) is 2. The van der Waals surface area contributed by atoms with Crippen LogP contribution in [0.1, 0.15) is 44.6 Å². The van der Waals surface area contributed by atoms with E-state index in [-0.39, 0.29) is 15.7 Å². The number of carbonyl (C=O) groups excluding carboxylic acids is 3. The van der Waals surface area contributed by atoms with Crippen molar-refractivity contribution in [2.45, 2.75) is 61.8 Å². The molecule has 0 unspecified atom stereocenters. The van der Waals surface area contributed by atoms with E-state index in [1.54, 1.807) is 29.7 Å². The lowest BCUT2D eigenvalue weighted by atomic mass is 10.2. The summed E-state index contributed by atoms with van der Waals surface area (Å²) in [6.07, 6.45) is 3.79. The SMILES string of the molecule is Cc1ccc(S(=O)(=O)N2CCCCC2)cc1NC(=O)COC(=O)[C@H]1CS[C@]2(C)CCC(=O)N12. The van der Waals surface area contributed by atoms with Crippen molar-refractivity contribution >= 4 is 45.3 Å². The molecule has 4 rings (SSSR count). The molecule has 2 amide bonds. The highest BCUT2D eigenvalue weighted by Crippen LogP contribution is 2.47. The van der Waals surface area contributed by atoms with Crippen LogP contribution in [-0.2, 0) is 29.1 Å². The Bertz CT molecular complexity index is 1070. The van der Waals surface area contributed by atoms with E-state index in [0.29, 0.717) is 42.9 Å². The molecular formula is C22H29N3O6S2. The highest BCUT2D eigenvalue weighted by molar-refractivity contribution is 8.01. The van der Waals surface area contributed by atoms with Gasteiger partial charge < -0.3 is 15.0 Å². The molecule has 180 valence electrons. The van der Waals surface area contributed by atoms with Crippen LogP contribution in [-0.4, -0.2) is 71.8 Å². The maximum absolute atomic E-state index is 13.0. The fourth-order valence-corrected chi connectivity index (χ4v) is 7.53. The molecule has 2 atom stereocenters. The normalized spacial score (nSPS) is 25.7.